The Hall–Kier alpha value is -1.29. The Morgan fingerprint density at radius 1 is 1.57 bits per heavy atom. The van der Waals surface area contributed by atoms with E-state index >= 15 is 0 Å². The summed E-state index contributed by atoms with van der Waals surface area (Å²) in [5, 5.41) is 6.21. The molecule has 14 heavy (non-hydrogen) atoms. The van der Waals surface area contributed by atoms with Crippen LogP contribution in [0.4, 0.5) is 0 Å². The lowest BCUT2D eigenvalue weighted by molar-refractivity contribution is -0.125. The first kappa shape index (κ1) is 9.27. The van der Waals surface area contributed by atoms with E-state index < -0.39 is 0 Å². The summed E-state index contributed by atoms with van der Waals surface area (Å²) in [6.07, 6.45) is 2.72. The number of nitrogens with one attached hydrogen (secondary N) is 3. The number of piperazine rings is 1. The molecule has 2 rings (SSSR count). The van der Waals surface area contributed by atoms with Crippen molar-refractivity contribution in [3.63, 3.8) is 0 Å². The molecule has 4 nitrogen and oxygen atoms in total. The second-order valence-electron chi connectivity index (χ2n) is 3.55. The highest BCUT2D eigenvalue weighted by atomic mass is 16.2. The average molecular weight is 193 g/mol. The normalized spacial score (nSPS) is 27.4. The van der Waals surface area contributed by atoms with Crippen LogP contribution in [0.25, 0.3) is 0 Å². The molecule has 2 unspecified atom stereocenters. The van der Waals surface area contributed by atoms with Crippen LogP contribution < -0.4 is 10.6 Å². The number of aromatic amines is 1. The Morgan fingerprint density at radius 2 is 2.43 bits per heavy atom. The highest BCUT2D eigenvalue weighted by molar-refractivity contribution is 5.82. The van der Waals surface area contributed by atoms with Crippen LogP contribution in [0.1, 0.15) is 25.1 Å². The van der Waals surface area contributed by atoms with Gasteiger partial charge in [-0.05, 0) is 18.6 Å². The zero-order chi connectivity index (χ0) is 9.97. The molecule has 1 fully saturated rings. The summed E-state index contributed by atoms with van der Waals surface area (Å²) in [6, 6.07) is 4.15. The van der Waals surface area contributed by atoms with Crippen LogP contribution in [0.15, 0.2) is 18.3 Å². The molecule has 1 aliphatic heterocycles. The molecular weight excluding hydrogens is 178 g/mol. The topological polar surface area (TPSA) is 56.9 Å². The van der Waals surface area contributed by atoms with Gasteiger partial charge in [0.25, 0.3) is 0 Å². The lowest BCUT2D eigenvalue weighted by Gasteiger charge is -2.29. The van der Waals surface area contributed by atoms with Gasteiger partial charge in [-0.25, -0.2) is 0 Å². The number of carbonyl (C=O) groups excluding carboxylic acids is 1. The van der Waals surface area contributed by atoms with Gasteiger partial charge in [0.1, 0.15) is 0 Å². The van der Waals surface area contributed by atoms with Crippen molar-refractivity contribution < 1.29 is 4.79 Å². The molecule has 1 saturated heterocycles. The molecule has 0 spiro atoms. The molecule has 2 heterocycles. The molecule has 1 aromatic heterocycles. The van der Waals surface area contributed by atoms with Gasteiger partial charge in [0.15, 0.2) is 0 Å². The smallest absolute Gasteiger partial charge is 0.237 e. The third-order valence-electron chi connectivity index (χ3n) is 2.60. The van der Waals surface area contributed by atoms with Crippen LogP contribution >= 0.6 is 0 Å². The van der Waals surface area contributed by atoms with E-state index in [1.54, 1.807) is 0 Å². The first-order valence-electron chi connectivity index (χ1n) is 4.98. The van der Waals surface area contributed by atoms with E-state index in [4.69, 9.17) is 0 Å². The first-order chi connectivity index (χ1) is 6.81. The third-order valence-corrected chi connectivity index (χ3v) is 2.60. The minimum absolute atomic E-state index is 0.0583. The fourth-order valence-electron chi connectivity index (χ4n) is 1.77. The molecule has 0 radical (unpaired) electrons. The summed E-state index contributed by atoms with van der Waals surface area (Å²) in [4.78, 5) is 14.5. The van der Waals surface area contributed by atoms with E-state index in [9.17, 15) is 4.79 Å². The zero-order valence-electron chi connectivity index (χ0n) is 8.21. The molecule has 0 aliphatic carbocycles. The van der Waals surface area contributed by atoms with Gasteiger partial charge in [-0.15, -0.1) is 0 Å². The van der Waals surface area contributed by atoms with Crippen LogP contribution in [0.3, 0.4) is 0 Å². The molecule has 2 atom stereocenters. The number of hydrogen-bond donors (Lipinski definition) is 3. The van der Waals surface area contributed by atoms with Gasteiger partial charge >= 0.3 is 0 Å². The predicted octanol–water partition coefficient (Wildman–Crippen LogP) is 0.554. The van der Waals surface area contributed by atoms with Gasteiger partial charge < -0.3 is 10.3 Å². The number of carbonyl (C=O) groups is 1. The molecule has 1 aliphatic rings. The van der Waals surface area contributed by atoms with Gasteiger partial charge in [0.2, 0.25) is 5.91 Å². The Bertz CT molecular complexity index is 307. The van der Waals surface area contributed by atoms with Crippen molar-refractivity contribution in [2.75, 3.05) is 6.54 Å². The van der Waals surface area contributed by atoms with Crippen molar-refractivity contribution in [3.05, 3.63) is 24.0 Å². The van der Waals surface area contributed by atoms with Gasteiger partial charge in [-0.2, -0.15) is 0 Å². The maximum absolute atomic E-state index is 11.4. The van der Waals surface area contributed by atoms with Gasteiger partial charge in [0.05, 0.1) is 12.1 Å². The Kier molecular flexibility index (Phi) is 2.54. The summed E-state index contributed by atoms with van der Waals surface area (Å²) in [7, 11) is 0. The van der Waals surface area contributed by atoms with Crippen molar-refractivity contribution >= 4 is 5.91 Å². The Balaban J connectivity index is 2.06. The van der Waals surface area contributed by atoms with Gasteiger partial charge in [-0.3, -0.25) is 10.1 Å². The van der Waals surface area contributed by atoms with Gasteiger partial charge in [0, 0.05) is 18.4 Å². The van der Waals surface area contributed by atoms with E-state index in [0.717, 1.165) is 12.1 Å². The Labute approximate surface area is 83.1 Å². The molecule has 1 aromatic rings. The molecular formula is C10H15N3O. The minimum Gasteiger partial charge on any atom is -0.364 e. The number of hydrogen-bond acceptors (Lipinski definition) is 2. The van der Waals surface area contributed by atoms with Crippen molar-refractivity contribution in [1.82, 2.24) is 15.6 Å². The van der Waals surface area contributed by atoms with Crippen LogP contribution in [-0.4, -0.2) is 23.5 Å². The molecule has 4 heteroatoms. The maximum atomic E-state index is 11.4. The third kappa shape index (κ3) is 1.65. The van der Waals surface area contributed by atoms with E-state index in [2.05, 4.69) is 15.6 Å². The van der Waals surface area contributed by atoms with E-state index in [-0.39, 0.29) is 18.0 Å². The summed E-state index contributed by atoms with van der Waals surface area (Å²) in [6.45, 7) is 2.67. The first-order valence-corrected chi connectivity index (χ1v) is 4.98. The highest BCUT2D eigenvalue weighted by Crippen LogP contribution is 2.14. The molecule has 1 amide bonds. The predicted molar refractivity (Wildman–Crippen MR) is 53.8 cm³/mol. The fourth-order valence-corrected chi connectivity index (χ4v) is 1.77. The standard InChI is InChI=1S/C10H15N3O/c1-2-7-10(14)12-6-9(13-7)8-4-3-5-11-8/h3-5,7,9,11,13H,2,6H2,1H3,(H,12,14). The molecule has 76 valence electrons. The number of rotatable bonds is 2. The second-order valence-corrected chi connectivity index (χ2v) is 3.55. The lowest BCUT2D eigenvalue weighted by Crippen LogP contribution is -2.54. The average Bonchev–Trinajstić information content (AvgIpc) is 2.71. The van der Waals surface area contributed by atoms with Crippen molar-refractivity contribution in [2.45, 2.75) is 25.4 Å². The largest absolute Gasteiger partial charge is 0.364 e. The van der Waals surface area contributed by atoms with Crippen molar-refractivity contribution in [2.24, 2.45) is 0 Å². The maximum Gasteiger partial charge on any atom is 0.237 e. The monoisotopic (exact) mass is 193 g/mol. The van der Waals surface area contributed by atoms with E-state index in [0.29, 0.717) is 6.54 Å². The fraction of sp³-hybridized carbons (Fsp3) is 0.500. The second kappa shape index (κ2) is 3.84. The van der Waals surface area contributed by atoms with E-state index in [1.807, 2.05) is 25.3 Å². The van der Waals surface area contributed by atoms with Crippen LogP contribution in [0.5, 0.6) is 0 Å². The quantitative estimate of drug-likeness (QED) is 0.642. The van der Waals surface area contributed by atoms with E-state index in [1.165, 1.54) is 0 Å². The molecule has 0 aromatic carbocycles. The summed E-state index contributed by atoms with van der Waals surface area (Å²) >= 11 is 0. The summed E-state index contributed by atoms with van der Waals surface area (Å²) in [5.41, 5.74) is 1.13. The van der Waals surface area contributed by atoms with Crippen LogP contribution in [0.2, 0.25) is 0 Å². The SMILES string of the molecule is CCC1NC(c2ccc[nH]2)CNC1=O. The van der Waals surface area contributed by atoms with Crippen LogP contribution in [-0.2, 0) is 4.79 Å². The number of amides is 1. The lowest BCUT2D eigenvalue weighted by atomic mass is 10.1. The molecule has 0 saturated carbocycles. The Morgan fingerprint density at radius 3 is 3.07 bits per heavy atom. The number of H-pyrrole nitrogens is 1. The summed E-state index contributed by atoms with van der Waals surface area (Å²) in [5.74, 6) is 0.107. The summed E-state index contributed by atoms with van der Waals surface area (Å²) < 4.78 is 0. The van der Waals surface area contributed by atoms with Crippen molar-refractivity contribution in [3.8, 4) is 0 Å². The highest BCUT2D eigenvalue weighted by Gasteiger charge is 2.27. The zero-order valence-corrected chi connectivity index (χ0v) is 8.21. The van der Waals surface area contributed by atoms with Crippen LogP contribution in [0, 0.1) is 0 Å². The number of aromatic nitrogens is 1. The van der Waals surface area contributed by atoms with Gasteiger partial charge in [-0.1, -0.05) is 6.92 Å². The van der Waals surface area contributed by atoms with Crippen molar-refractivity contribution in [1.29, 1.82) is 0 Å². The molecule has 0 bridgehead atoms. The molecule has 3 N–H and O–H groups in total. The minimum atomic E-state index is -0.0583.